The van der Waals surface area contributed by atoms with Gasteiger partial charge in [-0.1, -0.05) is 6.42 Å². The molecule has 1 fully saturated rings. The lowest BCUT2D eigenvalue weighted by Gasteiger charge is -2.29. The lowest BCUT2D eigenvalue weighted by Crippen LogP contribution is -2.52. The monoisotopic (exact) mass is 406 g/mol. The van der Waals surface area contributed by atoms with Crippen LogP contribution in [0.25, 0.3) is 0 Å². The third kappa shape index (κ3) is 7.41. The van der Waals surface area contributed by atoms with E-state index in [1.165, 1.54) is 0 Å². The molecule has 5 atom stereocenters. The molecule has 1 aliphatic heterocycles. The van der Waals surface area contributed by atoms with Crippen LogP contribution in [0.2, 0.25) is 0 Å². The Morgan fingerprint density at radius 1 is 1.04 bits per heavy atom. The molecular formula is C17H30N2O9. The average molecular weight is 406 g/mol. The Morgan fingerprint density at radius 2 is 1.64 bits per heavy atom. The Bertz CT molecular complexity index is 515. The molecule has 11 heteroatoms. The van der Waals surface area contributed by atoms with Crippen molar-refractivity contribution in [3.8, 4) is 0 Å². The van der Waals surface area contributed by atoms with Crippen molar-refractivity contribution < 1.29 is 44.8 Å². The number of carbonyl (C=O) groups excluding carboxylic acids is 3. The van der Waals surface area contributed by atoms with Gasteiger partial charge in [0.2, 0.25) is 0 Å². The van der Waals surface area contributed by atoms with Crippen molar-refractivity contribution in [1.82, 2.24) is 10.4 Å². The zero-order chi connectivity index (χ0) is 21.3. The second-order valence-corrected chi connectivity index (χ2v) is 6.82. The predicted molar refractivity (Wildman–Crippen MR) is 94.2 cm³/mol. The summed E-state index contributed by atoms with van der Waals surface area (Å²) >= 11 is 0. The molecule has 1 aliphatic rings. The number of hydroxylamine groups is 2. The van der Waals surface area contributed by atoms with Gasteiger partial charge in [0.1, 0.15) is 18.3 Å². The first-order valence-corrected chi connectivity index (χ1v) is 9.32. The summed E-state index contributed by atoms with van der Waals surface area (Å²) in [6.07, 6.45) is -4.30. The first-order valence-electron chi connectivity index (χ1n) is 9.32. The number of aliphatic hydroxyl groups excluding tert-OH is 5. The van der Waals surface area contributed by atoms with Crippen LogP contribution in [0.5, 0.6) is 0 Å². The van der Waals surface area contributed by atoms with Crippen molar-refractivity contribution in [3.05, 3.63) is 0 Å². The number of hydrogen-bond donors (Lipinski definition) is 6. The maximum atomic E-state index is 11.6. The van der Waals surface area contributed by atoms with E-state index in [2.05, 4.69) is 5.32 Å². The summed E-state index contributed by atoms with van der Waals surface area (Å²) in [4.78, 5) is 39.1. The molecule has 162 valence electrons. The summed E-state index contributed by atoms with van der Waals surface area (Å²) in [6.45, 7) is 1.31. The maximum absolute atomic E-state index is 11.6. The summed E-state index contributed by atoms with van der Waals surface area (Å²) in [5.41, 5.74) is 0. The quantitative estimate of drug-likeness (QED) is 0.142. The number of imide groups is 1. The van der Waals surface area contributed by atoms with Crippen LogP contribution in [0.1, 0.15) is 45.4 Å². The van der Waals surface area contributed by atoms with Crippen LogP contribution >= 0.6 is 0 Å². The van der Waals surface area contributed by atoms with E-state index in [-0.39, 0.29) is 19.3 Å². The Balaban J connectivity index is 2.16. The fourth-order valence-corrected chi connectivity index (χ4v) is 2.66. The van der Waals surface area contributed by atoms with E-state index in [4.69, 9.17) is 9.94 Å². The van der Waals surface area contributed by atoms with Crippen molar-refractivity contribution in [2.24, 2.45) is 0 Å². The summed E-state index contributed by atoms with van der Waals surface area (Å²) < 4.78 is 0. The first kappa shape index (κ1) is 24.4. The molecule has 1 heterocycles. The van der Waals surface area contributed by atoms with Gasteiger partial charge in [0.05, 0.1) is 12.7 Å². The zero-order valence-electron chi connectivity index (χ0n) is 15.9. The fourth-order valence-electron chi connectivity index (χ4n) is 2.66. The Kier molecular flexibility index (Phi) is 10.5. The van der Waals surface area contributed by atoms with E-state index in [1.807, 2.05) is 0 Å². The van der Waals surface area contributed by atoms with Gasteiger partial charge < -0.3 is 35.7 Å². The molecule has 6 N–H and O–H groups in total. The van der Waals surface area contributed by atoms with Gasteiger partial charge in [0.25, 0.3) is 11.8 Å². The Labute approximate surface area is 162 Å². The van der Waals surface area contributed by atoms with E-state index in [1.54, 1.807) is 6.92 Å². The number of rotatable bonds is 13. The summed E-state index contributed by atoms with van der Waals surface area (Å²) in [6, 6.07) is -0.590. The molecule has 0 saturated carbocycles. The Morgan fingerprint density at radius 3 is 2.21 bits per heavy atom. The van der Waals surface area contributed by atoms with Crippen molar-refractivity contribution in [2.45, 2.75) is 75.9 Å². The smallest absolute Gasteiger partial charge is 0.333 e. The van der Waals surface area contributed by atoms with Crippen LogP contribution in [-0.2, 0) is 19.2 Å². The Hall–Kier alpha value is -1.63. The fraction of sp³-hybridized carbons (Fsp3) is 0.824. The summed E-state index contributed by atoms with van der Waals surface area (Å²) in [5, 5.41) is 50.9. The molecular weight excluding hydrogens is 376 g/mol. The highest BCUT2D eigenvalue weighted by Crippen LogP contribution is 2.13. The molecule has 2 amide bonds. The molecule has 1 unspecified atom stereocenters. The van der Waals surface area contributed by atoms with Crippen molar-refractivity contribution >= 4 is 17.8 Å². The van der Waals surface area contributed by atoms with E-state index in [9.17, 15) is 34.8 Å². The van der Waals surface area contributed by atoms with Gasteiger partial charge >= 0.3 is 5.97 Å². The van der Waals surface area contributed by atoms with E-state index < -0.39 is 54.8 Å². The highest BCUT2D eigenvalue weighted by molar-refractivity contribution is 6.01. The van der Waals surface area contributed by atoms with Crippen LogP contribution < -0.4 is 5.32 Å². The third-order valence-corrected chi connectivity index (χ3v) is 4.52. The van der Waals surface area contributed by atoms with Gasteiger partial charge in [-0.3, -0.25) is 9.59 Å². The minimum absolute atomic E-state index is 0.0481. The molecule has 0 aliphatic carbocycles. The van der Waals surface area contributed by atoms with Crippen LogP contribution in [0, 0.1) is 0 Å². The molecule has 0 radical (unpaired) electrons. The molecule has 0 aromatic carbocycles. The number of nitrogens with one attached hydrogen (secondary N) is 1. The van der Waals surface area contributed by atoms with Gasteiger partial charge in [-0.05, 0) is 26.3 Å². The van der Waals surface area contributed by atoms with Crippen molar-refractivity contribution in [1.29, 1.82) is 0 Å². The first-order chi connectivity index (χ1) is 13.2. The number of nitrogens with zero attached hydrogens (tertiary/aromatic N) is 1. The molecule has 1 rings (SSSR count). The molecule has 1 saturated heterocycles. The third-order valence-electron chi connectivity index (χ3n) is 4.52. The SMILES string of the molecule is CC(NCCCCCC(=O)ON1C(=O)CCC1=O)[C@H](O)[C@@H](O)[C@H](O)[C@H](O)CO. The van der Waals surface area contributed by atoms with Gasteiger partial charge in [-0.25, -0.2) is 4.79 Å². The number of hydrogen-bond acceptors (Lipinski definition) is 10. The van der Waals surface area contributed by atoms with Gasteiger partial charge in [0.15, 0.2) is 0 Å². The molecule has 0 bridgehead atoms. The van der Waals surface area contributed by atoms with E-state index in [0.29, 0.717) is 30.9 Å². The number of aliphatic hydroxyl groups is 5. The van der Waals surface area contributed by atoms with Gasteiger partial charge in [0, 0.05) is 25.3 Å². The molecule has 28 heavy (non-hydrogen) atoms. The summed E-state index contributed by atoms with van der Waals surface area (Å²) in [7, 11) is 0. The van der Waals surface area contributed by atoms with E-state index in [0.717, 1.165) is 0 Å². The van der Waals surface area contributed by atoms with Gasteiger partial charge in [-0.15, -0.1) is 5.06 Å². The normalized spacial score (nSPS) is 20.0. The van der Waals surface area contributed by atoms with Crippen LogP contribution in [0.3, 0.4) is 0 Å². The highest BCUT2D eigenvalue weighted by atomic mass is 16.7. The van der Waals surface area contributed by atoms with Crippen LogP contribution in [0.15, 0.2) is 0 Å². The standard InChI is InChI=1S/C17H30N2O9/c1-10(15(25)17(27)16(26)11(21)9-20)18-8-4-2-3-5-14(24)28-19-12(22)6-7-13(19)23/h10-11,15-18,20-21,25-27H,2-9H2,1H3/t10?,11-,15+,16-,17-/m1/s1. The number of amides is 2. The lowest BCUT2D eigenvalue weighted by molar-refractivity contribution is -0.197. The molecule has 11 nitrogen and oxygen atoms in total. The lowest BCUT2D eigenvalue weighted by atomic mass is 9.98. The maximum Gasteiger partial charge on any atom is 0.333 e. The molecule has 0 aromatic heterocycles. The largest absolute Gasteiger partial charge is 0.394 e. The van der Waals surface area contributed by atoms with Crippen molar-refractivity contribution in [2.75, 3.05) is 13.2 Å². The zero-order valence-corrected chi connectivity index (χ0v) is 15.9. The number of unbranched alkanes of at least 4 members (excludes halogenated alkanes) is 2. The molecule has 0 aromatic rings. The summed E-state index contributed by atoms with van der Waals surface area (Å²) in [5.74, 6) is -1.69. The minimum Gasteiger partial charge on any atom is -0.394 e. The predicted octanol–water partition coefficient (Wildman–Crippen LogP) is -2.43. The van der Waals surface area contributed by atoms with Crippen LogP contribution in [-0.4, -0.2) is 92.0 Å². The highest BCUT2D eigenvalue weighted by Gasteiger charge is 2.33. The second kappa shape index (κ2) is 12.0. The number of carbonyl (C=O) groups is 3. The molecule has 0 spiro atoms. The van der Waals surface area contributed by atoms with Gasteiger partial charge in [-0.2, -0.15) is 0 Å². The van der Waals surface area contributed by atoms with E-state index >= 15 is 0 Å². The minimum atomic E-state index is -1.68. The van der Waals surface area contributed by atoms with Crippen LogP contribution in [0.4, 0.5) is 0 Å². The van der Waals surface area contributed by atoms with Crippen molar-refractivity contribution in [3.63, 3.8) is 0 Å². The second-order valence-electron chi connectivity index (χ2n) is 6.82. The average Bonchev–Trinajstić information content (AvgIpc) is 2.99. The topological polar surface area (TPSA) is 177 Å².